The van der Waals surface area contributed by atoms with Crippen molar-refractivity contribution in [3.05, 3.63) is 81.9 Å². The van der Waals surface area contributed by atoms with Gasteiger partial charge >= 0.3 is 0 Å². The molecule has 192 valence electrons. The number of anilines is 1. The third-order valence-electron chi connectivity index (χ3n) is 6.26. The van der Waals surface area contributed by atoms with Gasteiger partial charge in [-0.3, -0.25) is 14.5 Å². The van der Waals surface area contributed by atoms with E-state index in [1.807, 2.05) is 0 Å². The maximum absolute atomic E-state index is 13.6. The van der Waals surface area contributed by atoms with Gasteiger partial charge in [-0.25, -0.2) is 0 Å². The molecular weight excluding hydrogens is 498 g/mol. The lowest BCUT2D eigenvalue weighted by molar-refractivity contribution is -0.132. The highest BCUT2D eigenvalue weighted by atomic mass is 35.5. The zero-order valence-corrected chi connectivity index (χ0v) is 21.8. The second kappa shape index (κ2) is 10.4. The number of aliphatic hydroxyl groups is 1. The summed E-state index contributed by atoms with van der Waals surface area (Å²) >= 11 is 6.28. The molecule has 0 aliphatic carbocycles. The highest BCUT2D eigenvalue weighted by Crippen LogP contribution is 2.47. The standard InChI is InChI=1S/C28H26ClNO7/c1-15-9-11-17(29)14-18(15)30-25(16-10-12-19(34-2)22(13-16)37-5)24(27(32)28(30)33)26(31)23-20(35-3)7-6-8-21(23)36-4/h6-14,25,31H,1-5H3/b26-24+. The Morgan fingerprint density at radius 1 is 0.838 bits per heavy atom. The number of nitrogens with zero attached hydrogens (tertiary/aromatic N) is 1. The van der Waals surface area contributed by atoms with E-state index in [0.29, 0.717) is 33.3 Å². The van der Waals surface area contributed by atoms with Crippen molar-refractivity contribution in [3.8, 4) is 23.0 Å². The molecule has 1 amide bonds. The van der Waals surface area contributed by atoms with E-state index in [-0.39, 0.29) is 22.6 Å². The average Bonchev–Trinajstić information content (AvgIpc) is 3.18. The Hall–Kier alpha value is -4.17. The third kappa shape index (κ3) is 4.44. The normalized spacial score (nSPS) is 16.6. The zero-order valence-electron chi connectivity index (χ0n) is 21.0. The summed E-state index contributed by atoms with van der Waals surface area (Å²) in [5, 5.41) is 12.0. The fraction of sp³-hybridized carbons (Fsp3) is 0.214. The highest BCUT2D eigenvalue weighted by Gasteiger charge is 2.48. The number of aryl methyl sites for hydroxylation is 1. The molecule has 1 unspecified atom stereocenters. The van der Waals surface area contributed by atoms with Gasteiger partial charge in [0.1, 0.15) is 22.8 Å². The van der Waals surface area contributed by atoms with Crippen molar-refractivity contribution < 1.29 is 33.6 Å². The molecule has 1 aliphatic rings. The van der Waals surface area contributed by atoms with Crippen LogP contribution in [0.5, 0.6) is 23.0 Å². The molecule has 9 heteroatoms. The Balaban J connectivity index is 2.07. The van der Waals surface area contributed by atoms with Gasteiger partial charge < -0.3 is 24.1 Å². The minimum Gasteiger partial charge on any atom is -0.506 e. The van der Waals surface area contributed by atoms with Crippen LogP contribution in [0.1, 0.15) is 22.7 Å². The number of benzene rings is 3. The molecule has 37 heavy (non-hydrogen) atoms. The monoisotopic (exact) mass is 523 g/mol. The molecule has 1 saturated heterocycles. The molecule has 0 saturated carbocycles. The number of hydrogen-bond acceptors (Lipinski definition) is 7. The van der Waals surface area contributed by atoms with E-state index in [1.54, 1.807) is 61.5 Å². The number of Topliss-reactive ketones (excluding diaryl/α,β-unsaturated/α-hetero) is 1. The van der Waals surface area contributed by atoms with Crippen molar-refractivity contribution in [2.45, 2.75) is 13.0 Å². The maximum Gasteiger partial charge on any atom is 0.300 e. The lowest BCUT2D eigenvalue weighted by Gasteiger charge is -2.27. The summed E-state index contributed by atoms with van der Waals surface area (Å²) < 4.78 is 21.7. The number of amides is 1. The smallest absolute Gasteiger partial charge is 0.300 e. The van der Waals surface area contributed by atoms with E-state index >= 15 is 0 Å². The van der Waals surface area contributed by atoms with Crippen LogP contribution in [0.4, 0.5) is 5.69 Å². The molecule has 0 radical (unpaired) electrons. The van der Waals surface area contributed by atoms with Crippen molar-refractivity contribution in [2.24, 2.45) is 0 Å². The fourth-order valence-corrected chi connectivity index (χ4v) is 4.65. The topological polar surface area (TPSA) is 94.5 Å². The SMILES string of the molecule is COc1ccc(C2/C(=C(\O)c3c(OC)cccc3OC)C(=O)C(=O)N2c2cc(Cl)ccc2C)cc1OC. The molecule has 3 aromatic carbocycles. The number of hydrogen-bond donors (Lipinski definition) is 1. The Morgan fingerprint density at radius 2 is 1.46 bits per heavy atom. The number of ether oxygens (including phenoxy) is 4. The first-order chi connectivity index (χ1) is 17.8. The third-order valence-corrected chi connectivity index (χ3v) is 6.50. The Bertz CT molecular complexity index is 1390. The van der Waals surface area contributed by atoms with E-state index in [1.165, 1.54) is 33.3 Å². The van der Waals surface area contributed by atoms with Gasteiger partial charge in [0.25, 0.3) is 11.7 Å². The van der Waals surface area contributed by atoms with E-state index < -0.39 is 23.5 Å². The number of aliphatic hydroxyl groups excluding tert-OH is 1. The van der Waals surface area contributed by atoms with Crippen LogP contribution in [-0.2, 0) is 9.59 Å². The first-order valence-electron chi connectivity index (χ1n) is 11.3. The molecule has 4 rings (SSSR count). The lowest BCUT2D eigenvalue weighted by atomic mass is 9.94. The lowest BCUT2D eigenvalue weighted by Crippen LogP contribution is -2.30. The first-order valence-corrected chi connectivity index (χ1v) is 11.7. The van der Waals surface area contributed by atoms with Crippen LogP contribution in [0.3, 0.4) is 0 Å². The van der Waals surface area contributed by atoms with Crippen LogP contribution in [0.2, 0.25) is 5.02 Å². The van der Waals surface area contributed by atoms with Crippen LogP contribution in [0.25, 0.3) is 5.76 Å². The van der Waals surface area contributed by atoms with Crippen LogP contribution < -0.4 is 23.8 Å². The van der Waals surface area contributed by atoms with Crippen LogP contribution in [0, 0.1) is 6.92 Å². The van der Waals surface area contributed by atoms with Gasteiger partial charge in [-0.1, -0.05) is 29.8 Å². The quantitative estimate of drug-likeness (QED) is 0.255. The van der Waals surface area contributed by atoms with Crippen LogP contribution in [-0.4, -0.2) is 45.2 Å². The predicted molar refractivity (Wildman–Crippen MR) is 140 cm³/mol. The van der Waals surface area contributed by atoms with Gasteiger partial charge in [-0.2, -0.15) is 0 Å². The number of methoxy groups -OCH3 is 4. The van der Waals surface area contributed by atoms with Crippen molar-refractivity contribution in [1.82, 2.24) is 0 Å². The average molecular weight is 524 g/mol. The molecule has 1 aliphatic heterocycles. The van der Waals surface area contributed by atoms with Gasteiger partial charge in [0, 0.05) is 10.7 Å². The summed E-state index contributed by atoms with van der Waals surface area (Å²) in [6.45, 7) is 1.81. The summed E-state index contributed by atoms with van der Waals surface area (Å²) in [5.74, 6) is -0.724. The van der Waals surface area contributed by atoms with E-state index in [9.17, 15) is 14.7 Å². The van der Waals surface area contributed by atoms with Gasteiger partial charge in [-0.15, -0.1) is 0 Å². The molecule has 0 bridgehead atoms. The van der Waals surface area contributed by atoms with Gasteiger partial charge in [0.15, 0.2) is 11.5 Å². The minimum absolute atomic E-state index is 0.139. The number of carbonyl (C=O) groups is 2. The van der Waals surface area contributed by atoms with Gasteiger partial charge in [-0.05, 0) is 54.4 Å². The van der Waals surface area contributed by atoms with Gasteiger partial charge in [0.05, 0.1) is 40.1 Å². The van der Waals surface area contributed by atoms with Gasteiger partial charge in [0.2, 0.25) is 0 Å². The molecule has 0 spiro atoms. The summed E-state index contributed by atoms with van der Waals surface area (Å²) in [4.78, 5) is 28.5. The summed E-state index contributed by atoms with van der Waals surface area (Å²) in [6, 6.07) is 14.0. The Labute approximate surface area is 219 Å². The predicted octanol–water partition coefficient (Wildman–Crippen LogP) is 5.31. The van der Waals surface area contributed by atoms with Crippen molar-refractivity contribution in [2.75, 3.05) is 33.3 Å². The number of halogens is 1. The van der Waals surface area contributed by atoms with Crippen LogP contribution >= 0.6 is 11.6 Å². The zero-order chi connectivity index (χ0) is 26.9. The largest absolute Gasteiger partial charge is 0.506 e. The van der Waals surface area contributed by atoms with Crippen molar-refractivity contribution in [3.63, 3.8) is 0 Å². The minimum atomic E-state index is -1.02. The summed E-state index contributed by atoms with van der Waals surface area (Å²) in [5.41, 5.74) is 1.66. The maximum atomic E-state index is 13.6. The molecule has 1 fully saturated rings. The Kier molecular flexibility index (Phi) is 7.31. The summed E-state index contributed by atoms with van der Waals surface area (Å²) in [7, 11) is 5.86. The van der Waals surface area contributed by atoms with Crippen molar-refractivity contribution >= 4 is 34.7 Å². The Morgan fingerprint density at radius 3 is 2.05 bits per heavy atom. The molecule has 1 atom stereocenters. The fourth-order valence-electron chi connectivity index (χ4n) is 4.48. The number of rotatable bonds is 7. The van der Waals surface area contributed by atoms with E-state index in [0.717, 1.165) is 0 Å². The first kappa shape index (κ1) is 25.9. The molecule has 8 nitrogen and oxygen atoms in total. The molecular formula is C28H26ClNO7. The molecule has 1 N–H and O–H groups in total. The second-order valence-electron chi connectivity index (χ2n) is 8.25. The summed E-state index contributed by atoms with van der Waals surface area (Å²) in [6.07, 6.45) is 0. The van der Waals surface area contributed by atoms with Crippen LogP contribution in [0.15, 0.2) is 60.2 Å². The molecule has 0 aromatic heterocycles. The molecule has 1 heterocycles. The van der Waals surface area contributed by atoms with E-state index in [4.69, 9.17) is 30.5 Å². The highest BCUT2D eigenvalue weighted by molar-refractivity contribution is 6.52. The molecule has 3 aromatic rings. The number of ketones is 1. The second-order valence-corrected chi connectivity index (χ2v) is 8.69. The van der Waals surface area contributed by atoms with Crippen molar-refractivity contribution in [1.29, 1.82) is 0 Å². The van der Waals surface area contributed by atoms with E-state index in [2.05, 4.69) is 0 Å². The number of carbonyl (C=O) groups excluding carboxylic acids is 2.